The molecule has 2 N–H and O–H groups in total. The summed E-state index contributed by atoms with van der Waals surface area (Å²) in [4.78, 5) is 10.5. The summed E-state index contributed by atoms with van der Waals surface area (Å²) in [5, 5.41) is 18.0. The van der Waals surface area contributed by atoms with Crippen LogP contribution in [0, 0.1) is 0 Å². The number of phenolic OH excluding ortho intramolecular Hbond substituents is 1. The Morgan fingerprint density at radius 2 is 1.52 bits per heavy atom. The Labute approximate surface area is 136 Å². The first-order valence-electron chi connectivity index (χ1n) is 7.64. The number of carbonyl (C=O) groups is 1. The molecule has 4 heteroatoms. The monoisotopic (exact) mass is 314 g/mol. The summed E-state index contributed by atoms with van der Waals surface area (Å²) in [6.45, 7) is 4.65. The molecule has 0 aromatic heterocycles. The SMILES string of the molecule is CC(C)(c1ccc(O)cc1)c1ccc(OCCCC(=O)O)cc1. The molecule has 2 aromatic rings. The number of benzene rings is 2. The Kier molecular flexibility index (Phi) is 5.27. The lowest BCUT2D eigenvalue weighted by Crippen LogP contribution is -2.18. The van der Waals surface area contributed by atoms with Crippen molar-refractivity contribution < 1.29 is 19.7 Å². The van der Waals surface area contributed by atoms with Crippen LogP contribution in [0.15, 0.2) is 48.5 Å². The number of rotatable bonds is 7. The maximum atomic E-state index is 10.5. The van der Waals surface area contributed by atoms with Crippen LogP contribution >= 0.6 is 0 Å². The zero-order valence-corrected chi connectivity index (χ0v) is 13.5. The van der Waals surface area contributed by atoms with E-state index in [1.165, 1.54) is 0 Å². The van der Waals surface area contributed by atoms with Crippen LogP contribution in [0.3, 0.4) is 0 Å². The summed E-state index contributed by atoms with van der Waals surface area (Å²) >= 11 is 0. The minimum atomic E-state index is -0.806. The number of carboxylic acids is 1. The quantitative estimate of drug-likeness (QED) is 0.759. The Morgan fingerprint density at radius 1 is 1.00 bits per heavy atom. The predicted octanol–water partition coefficient (Wildman–Crippen LogP) is 3.96. The van der Waals surface area contributed by atoms with Gasteiger partial charge in [0, 0.05) is 11.8 Å². The third-order valence-corrected chi connectivity index (χ3v) is 3.97. The van der Waals surface area contributed by atoms with Gasteiger partial charge in [0.2, 0.25) is 0 Å². The molecule has 0 radical (unpaired) electrons. The highest BCUT2D eigenvalue weighted by Crippen LogP contribution is 2.33. The largest absolute Gasteiger partial charge is 0.508 e. The number of hydrogen-bond acceptors (Lipinski definition) is 3. The van der Waals surface area contributed by atoms with Crippen molar-refractivity contribution in [2.45, 2.75) is 32.1 Å². The van der Waals surface area contributed by atoms with Gasteiger partial charge in [-0.25, -0.2) is 0 Å². The summed E-state index contributed by atoms with van der Waals surface area (Å²) in [7, 11) is 0. The van der Waals surface area contributed by atoms with E-state index in [1.807, 2.05) is 36.4 Å². The molecule has 0 bridgehead atoms. The molecule has 0 spiro atoms. The van der Waals surface area contributed by atoms with Gasteiger partial charge in [0.05, 0.1) is 6.61 Å². The summed E-state index contributed by atoms with van der Waals surface area (Å²) in [5.41, 5.74) is 2.07. The van der Waals surface area contributed by atoms with Gasteiger partial charge < -0.3 is 14.9 Å². The van der Waals surface area contributed by atoms with Crippen LogP contribution in [0.25, 0.3) is 0 Å². The van der Waals surface area contributed by atoms with E-state index in [1.54, 1.807) is 12.1 Å². The first-order valence-corrected chi connectivity index (χ1v) is 7.64. The van der Waals surface area contributed by atoms with Crippen LogP contribution in [0.5, 0.6) is 11.5 Å². The Morgan fingerprint density at radius 3 is 2.04 bits per heavy atom. The number of aliphatic carboxylic acids is 1. The topological polar surface area (TPSA) is 66.8 Å². The van der Waals surface area contributed by atoms with Crippen molar-refractivity contribution in [2.24, 2.45) is 0 Å². The number of hydrogen-bond donors (Lipinski definition) is 2. The van der Waals surface area contributed by atoms with Gasteiger partial charge in [0.15, 0.2) is 0 Å². The van der Waals surface area contributed by atoms with Crippen LogP contribution < -0.4 is 4.74 Å². The van der Waals surface area contributed by atoms with Crippen LogP contribution in [0.2, 0.25) is 0 Å². The average Bonchev–Trinajstić information content (AvgIpc) is 2.52. The number of ether oxygens (including phenoxy) is 1. The van der Waals surface area contributed by atoms with E-state index in [9.17, 15) is 9.90 Å². The molecule has 0 saturated carbocycles. The Balaban J connectivity index is 2.03. The second-order valence-electron chi connectivity index (χ2n) is 6.04. The second-order valence-corrected chi connectivity index (χ2v) is 6.04. The number of phenols is 1. The van der Waals surface area contributed by atoms with E-state index >= 15 is 0 Å². The van der Waals surface area contributed by atoms with Crippen molar-refractivity contribution >= 4 is 5.97 Å². The van der Waals surface area contributed by atoms with E-state index in [2.05, 4.69) is 13.8 Å². The molecule has 0 fully saturated rings. The molecule has 0 aliphatic heterocycles. The first-order chi connectivity index (χ1) is 10.9. The molecule has 2 rings (SSSR count). The van der Waals surface area contributed by atoms with Gasteiger partial charge in [-0.2, -0.15) is 0 Å². The van der Waals surface area contributed by atoms with Crippen LogP contribution in [-0.4, -0.2) is 22.8 Å². The van der Waals surface area contributed by atoms with Gasteiger partial charge in [0.1, 0.15) is 11.5 Å². The minimum Gasteiger partial charge on any atom is -0.508 e. The van der Waals surface area contributed by atoms with E-state index in [4.69, 9.17) is 9.84 Å². The van der Waals surface area contributed by atoms with E-state index < -0.39 is 5.97 Å². The Bertz CT molecular complexity index is 642. The molecule has 0 aliphatic carbocycles. The van der Waals surface area contributed by atoms with E-state index in [0.29, 0.717) is 13.0 Å². The Hall–Kier alpha value is -2.49. The lowest BCUT2D eigenvalue weighted by Gasteiger charge is -2.26. The van der Waals surface area contributed by atoms with Crippen LogP contribution in [0.1, 0.15) is 37.8 Å². The molecule has 0 unspecified atom stereocenters. The summed E-state index contributed by atoms with van der Waals surface area (Å²) in [6.07, 6.45) is 0.613. The van der Waals surface area contributed by atoms with Gasteiger partial charge in [-0.05, 0) is 41.8 Å². The highest BCUT2D eigenvalue weighted by Gasteiger charge is 2.22. The maximum absolute atomic E-state index is 10.5. The first kappa shape index (κ1) is 16.9. The fraction of sp³-hybridized carbons (Fsp3) is 0.316. The van der Waals surface area contributed by atoms with Gasteiger partial charge in [-0.15, -0.1) is 0 Å². The minimum absolute atomic E-state index is 0.117. The lowest BCUT2D eigenvalue weighted by atomic mass is 9.78. The zero-order chi connectivity index (χ0) is 16.9. The fourth-order valence-corrected chi connectivity index (χ4v) is 2.43. The molecule has 122 valence electrons. The van der Waals surface area contributed by atoms with Crippen LogP contribution in [-0.2, 0) is 10.2 Å². The number of aromatic hydroxyl groups is 1. The van der Waals surface area contributed by atoms with Crippen molar-refractivity contribution in [2.75, 3.05) is 6.61 Å². The van der Waals surface area contributed by atoms with Crippen molar-refractivity contribution in [3.63, 3.8) is 0 Å². The summed E-state index contributed by atoms with van der Waals surface area (Å²) < 4.78 is 5.55. The van der Waals surface area contributed by atoms with Gasteiger partial charge in [-0.1, -0.05) is 38.1 Å². The van der Waals surface area contributed by atoms with Crippen molar-refractivity contribution in [1.29, 1.82) is 0 Å². The van der Waals surface area contributed by atoms with Crippen molar-refractivity contribution in [3.8, 4) is 11.5 Å². The third kappa shape index (κ3) is 4.49. The molecule has 0 atom stereocenters. The molecule has 0 amide bonds. The predicted molar refractivity (Wildman–Crippen MR) is 89.0 cm³/mol. The molecule has 23 heavy (non-hydrogen) atoms. The molecular formula is C19H22O4. The van der Waals surface area contributed by atoms with Gasteiger partial charge in [0.25, 0.3) is 0 Å². The van der Waals surface area contributed by atoms with E-state index in [0.717, 1.165) is 16.9 Å². The molecule has 2 aromatic carbocycles. The lowest BCUT2D eigenvalue weighted by molar-refractivity contribution is -0.137. The summed E-state index contributed by atoms with van der Waals surface area (Å²) in [6, 6.07) is 15.1. The zero-order valence-electron chi connectivity index (χ0n) is 13.5. The highest BCUT2D eigenvalue weighted by molar-refractivity contribution is 5.66. The van der Waals surface area contributed by atoms with Crippen LogP contribution in [0.4, 0.5) is 0 Å². The molecule has 0 aliphatic rings. The standard InChI is InChI=1S/C19H22O4/c1-19(2,14-5-9-16(20)10-6-14)15-7-11-17(12-8-15)23-13-3-4-18(21)22/h5-12,20H,3-4,13H2,1-2H3,(H,21,22). The number of carboxylic acid groups (broad SMARTS) is 1. The molecule has 0 heterocycles. The van der Waals surface area contributed by atoms with E-state index in [-0.39, 0.29) is 17.6 Å². The van der Waals surface area contributed by atoms with Gasteiger partial charge >= 0.3 is 5.97 Å². The second kappa shape index (κ2) is 7.18. The smallest absolute Gasteiger partial charge is 0.303 e. The normalized spacial score (nSPS) is 11.2. The van der Waals surface area contributed by atoms with Gasteiger partial charge in [-0.3, -0.25) is 4.79 Å². The highest BCUT2D eigenvalue weighted by atomic mass is 16.5. The maximum Gasteiger partial charge on any atom is 0.303 e. The third-order valence-electron chi connectivity index (χ3n) is 3.97. The van der Waals surface area contributed by atoms with Crippen molar-refractivity contribution in [1.82, 2.24) is 0 Å². The average molecular weight is 314 g/mol. The fourth-order valence-electron chi connectivity index (χ4n) is 2.43. The molecule has 0 saturated heterocycles. The van der Waals surface area contributed by atoms with Crippen molar-refractivity contribution in [3.05, 3.63) is 59.7 Å². The molecule has 4 nitrogen and oxygen atoms in total. The molecular weight excluding hydrogens is 292 g/mol. The summed E-state index contributed by atoms with van der Waals surface area (Å²) in [5.74, 6) is 0.190.